The van der Waals surface area contributed by atoms with Gasteiger partial charge in [0, 0.05) is 6.07 Å². The summed E-state index contributed by atoms with van der Waals surface area (Å²) in [5, 5.41) is 16.9. The number of nitro benzene ring substituents is 1. The van der Waals surface area contributed by atoms with Crippen molar-refractivity contribution in [2.45, 2.75) is 32.2 Å². The number of nitrogens with zero attached hydrogens (tertiary/aromatic N) is 2. The number of carbonyl (C=O) groups is 1. The molecule has 1 aliphatic rings. The van der Waals surface area contributed by atoms with Crippen LogP contribution < -0.4 is 10.6 Å². The Balaban J connectivity index is 0.00000312. The number of amides is 1. The predicted octanol–water partition coefficient (Wildman–Crippen LogP) is 2.67. The van der Waals surface area contributed by atoms with E-state index in [2.05, 4.69) is 15.5 Å². The molecular weight excluding hydrogens is 344 g/mol. The second-order valence-electron chi connectivity index (χ2n) is 6.31. The van der Waals surface area contributed by atoms with Crippen molar-refractivity contribution in [3.8, 4) is 0 Å². The van der Waals surface area contributed by atoms with Crippen molar-refractivity contribution in [1.82, 2.24) is 10.2 Å². The zero-order chi connectivity index (χ0) is 17.5. The number of likely N-dealkylation sites (tertiary alicyclic amines) is 1. The van der Waals surface area contributed by atoms with Crippen molar-refractivity contribution in [2.75, 3.05) is 32.0 Å². The van der Waals surface area contributed by atoms with E-state index < -0.39 is 4.92 Å². The van der Waals surface area contributed by atoms with Crippen LogP contribution in [0, 0.1) is 16.0 Å². The molecule has 8 heteroatoms. The molecule has 0 aromatic heterocycles. The molecule has 0 saturated carbocycles. The highest BCUT2D eigenvalue weighted by Crippen LogP contribution is 2.25. The number of halogens is 1. The van der Waals surface area contributed by atoms with Crippen molar-refractivity contribution >= 4 is 29.7 Å². The monoisotopic (exact) mass is 370 g/mol. The molecule has 1 saturated heterocycles. The van der Waals surface area contributed by atoms with Crippen LogP contribution in [0.2, 0.25) is 0 Å². The summed E-state index contributed by atoms with van der Waals surface area (Å²) in [7, 11) is 1.96. The maximum Gasteiger partial charge on any atom is 0.292 e. The Hall–Kier alpha value is -1.70. The van der Waals surface area contributed by atoms with E-state index in [1.54, 1.807) is 18.2 Å². The molecule has 1 amide bonds. The van der Waals surface area contributed by atoms with Crippen LogP contribution >= 0.6 is 12.4 Å². The Bertz CT molecular complexity index is 577. The number of anilines is 1. The van der Waals surface area contributed by atoms with Crippen molar-refractivity contribution < 1.29 is 9.72 Å². The number of rotatable bonds is 7. The minimum atomic E-state index is -0.479. The fourth-order valence-electron chi connectivity index (χ4n) is 3.12. The molecule has 1 unspecified atom stereocenters. The zero-order valence-corrected chi connectivity index (χ0v) is 15.6. The van der Waals surface area contributed by atoms with Crippen LogP contribution in [-0.2, 0) is 4.79 Å². The summed E-state index contributed by atoms with van der Waals surface area (Å²) >= 11 is 0. The fraction of sp³-hybridized carbons (Fsp3) is 0.588. The molecule has 7 nitrogen and oxygen atoms in total. The molecule has 0 bridgehead atoms. The summed E-state index contributed by atoms with van der Waals surface area (Å²) < 4.78 is 0. The quantitative estimate of drug-likeness (QED) is 0.569. The van der Waals surface area contributed by atoms with Gasteiger partial charge in [0.05, 0.1) is 11.0 Å². The molecule has 0 radical (unpaired) electrons. The topological polar surface area (TPSA) is 87.5 Å². The predicted molar refractivity (Wildman–Crippen MR) is 101 cm³/mol. The third-order valence-electron chi connectivity index (χ3n) is 4.74. The first-order chi connectivity index (χ1) is 11.5. The van der Waals surface area contributed by atoms with E-state index in [1.807, 2.05) is 14.0 Å². The van der Waals surface area contributed by atoms with Gasteiger partial charge in [0.2, 0.25) is 5.91 Å². The standard InChI is InChI=1S/C17H26N4O3.ClH/c1-13(20-11-8-14(9-12-20)7-10-18-2)17(22)19-15-5-3-4-6-16(15)21(23)24;/h3-6,13-14,18H,7-12H2,1-2H3,(H,19,22);1H. The highest BCUT2D eigenvalue weighted by molar-refractivity contribution is 5.96. The smallest absolute Gasteiger partial charge is 0.292 e. The van der Waals surface area contributed by atoms with Gasteiger partial charge in [-0.1, -0.05) is 12.1 Å². The third kappa shape index (κ3) is 5.95. The summed E-state index contributed by atoms with van der Waals surface area (Å²) in [4.78, 5) is 25.2. The van der Waals surface area contributed by atoms with Crippen LogP contribution in [0.25, 0.3) is 0 Å². The van der Waals surface area contributed by atoms with Crippen molar-refractivity contribution in [1.29, 1.82) is 0 Å². The van der Waals surface area contributed by atoms with Gasteiger partial charge in [-0.25, -0.2) is 0 Å². The minimum Gasteiger partial charge on any atom is -0.320 e. The summed E-state index contributed by atoms with van der Waals surface area (Å²) in [5.74, 6) is 0.511. The first kappa shape index (κ1) is 21.3. The van der Waals surface area contributed by atoms with Gasteiger partial charge in [-0.3, -0.25) is 19.8 Å². The lowest BCUT2D eigenvalue weighted by Gasteiger charge is -2.35. The van der Waals surface area contributed by atoms with Gasteiger partial charge in [0.25, 0.3) is 5.69 Å². The Morgan fingerprint density at radius 3 is 2.60 bits per heavy atom. The van der Waals surface area contributed by atoms with Crippen molar-refractivity contribution in [3.05, 3.63) is 34.4 Å². The van der Waals surface area contributed by atoms with Gasteiger partial charge in [0.1, 0.15) is 5.69 Å². The molecule has 25 heavy (non-hydrogen) atoms. The second kappa shape index (κ2) is 10.3. The lowest BCUT2D eigenvalue weighted by molar-refractivity contribution is -0.383. The third-order valence-corrected chi connectivity index (χ3v) is 4.74. The van der Waals surface area contributed by atoms with Gasteiger partial charge in [-0.15, -0.1) is 12.4 Å². The largest absolute Gasteiger partial charge is 0.320 e. The Morgan fingerprint density at radius 1 is 1.36 bits per heavy atom. The summed E-state index contributed by atoms with van der Waals surface area (Å²) in [5.41, 5.74) is 0.173. The number of hydrogen-bond acceptors (Lipinski definition) is 5. The molecule has 1 atom stereocenters. The summed E-state index contributed by atoms with van der Waals surface area (Å²) in [6.45, 7) is 4.66. The van der Waals surface area contributed by atoms with Crippen molar-refractivity contribution in [3.63, 3.8) is 0 Å². The molecule has 1 aliphatic heterocycles. The van der Waals surface area contributed by atoms with Crippen molar-refractivity contribution in [2.24, 2.45) is 5.92 Å². The number of hydrogen-bond donors (Lipinski definition) is 2. The first-order valence-corrected chi connectivity index (χ1v) is 8.46. The molecule has 2 rings (SSSR count). The van der Waals surface area contributed by atoms with E-state index in [-0.39, 0.29) is 35.7 Å². The van der Waals surface area contributed by atoms with Crippen LogP contribution in [0.1, 0.15) is 26.2 Å². The molecule has 0 aliphatic carbocycles. The minimum absolute atomic E-state index is 0. The summed E-state index contributed by atoms with van der Waals surface area (Å²) in [6, 6.07) is 5.93. The highest BCUT2D eigenvalue weighted by atomic mass is 35.5. The molecule has 140 valence electrons. The summed E-state index contributed by atoms with van der Waals surface area (Å²) in [6.07, 6.45) is 3.34. The van der Waals surface area contributed by atoms with Gasteiger partial charge < -0.3 is 10.6 Å². The molecule has 2 N–H and O–H groups in total. The Kier molecular flexibility index (Phi) is 8.82. The normalized spacial score (nSPS) is 16.7. The average Bonchev–Trinajstić information content (AvgIpc) is 2.60. The molecule has 0 spiro atoms. The molecule has 1 fully saturated rings. The van der Waals surface area contributed by atoms with E-state index in [4.69, 9.17) is 0 Å². The van der Waals surface area contributed by atoms with Crippen LogP contribution in [-0.4, -0.2) is 48.5 Å². The second-order valence-corrected chi connectivity index (χ2v) is 6.31. The maximum atomic E-state index is 12.5. The molecular formula is C17H27ClN4O3. The van der Waals surface area contributed by atoms with E-state index in [9.17, 15) is 14.9 Å². The maximum absolute atomic E-state index is 12.5. The number of nitrogens with one attached hydrogen (secondary N) is 2. The van der Waals surface area contributed by atoms with Gasteiger partial charge in [-0.05, 0) is 64.9 Å². The van der Waals surface area contributed by atoms with Gasteiger partial charge >= 0.3 is 0 Å². The molecule has 1 aromatic carbocycles. The van der Waals surface area contributed by atoms with Crippen LogP contribution in [0.3, 0.4) is 0 Å². The lowest BCUT2D eigenvalue weighted by Crippen LogP contribution is -2.46. The number of piperidine rings is 1. The van der Waals surface area contributed by atoms with E-state index in [0.29, 0.717) is 5.92 Å². The van der Waals surface area contributed by atoms with Gasteiger partial charge in [0.15, 0.2) is 0 Å². The van der Waals surface area contributed by atoms with Crippen LogP contribution in [0.4, 0.5) is 11.4 Å². The number of nitro groups is 1. The average molecular weight is 371 g/mol. The van der Waals surface area contributed by atoms with E-state index >= 15 is 0 Å². The highest BCUT2D eigenvalue weighted by Gasteiger charge is 2.27. The molecule has 1 heterocycles. The number of para-hydroxylation sites is 2. The zero-order valence-electron chi connectivity index (χ0n) is 14.7. The van der Waals surface area contributed by atoms with Gasteiger partial charge in [-0.2, -0.15) is 0 Å². The lowest BCUT2D eigenvalue weighted by atomic mass is 9.93. The molecule has 1 aromatic rings. The van der Waals surface area contributed by atoms with E-state index in [1.165, 1.54) is 12.5 Å². The van der Waals surface area contributed by atoms with E-state index in [0.717, 1.165) is 32.5 Å². The first-order valence-electron chi connectivity index (χ1n) is 8.46. The Labute approximate surface area is 154 Å². The fourth-order valence-corrected chi connectivity index (χ4v) is 3.12. The SMILES string of the molecule is CNCCC1CCN(C(C)C(=O)Nc2ccccc2[N+](=O)[O-])CC1.Cl. The number of carbonyl (C=O) groups excluding carboxylic acids is 1. The van der Waals surface area contributed by atoms with Crippen LogP contribution in [0.5, 0.6) is 0 Å². The number of benzene rings is 1. The van der Waals surface area contributed by atoms with Crippen LogP contribution in [0.15, 0.2) is 24.3 Å². The Morgan fingerprint density at radius 2 is 2.00 bits per heavy atom.